The lowest BCUT2D eigenvalue weighted by atomic mass is 9.74. The molecule has 0 amide bonds. The first-order chi connectivity index (χ1) is 32.1. The van der Waals surface area contributed by atoms with Crippen LogP contribution in [0, 0.1) is 0 Å². The molecule has 11 aromatic carbocycles. The molecule has 0 aromatic heterocycles. The van der Waals surface area contributed by atoms with E-state index in [1.165, 1.54) is 76.8 Å². The van der Waals surface area contributed by atoms with Crippen molar-refractivity contribution in [2.24, 2.45) is 0 Å². The van der Waals surface area contributed by atoms with E-state index in [1.54, 1.807) is 0 Å². The maximum Gasteiger partial charge on any atom is 0.0468 e. The Labute approximate surface area is 380 Å². The van der Waals surface area contributed by atoms with Crippen molar-refractivity contribution in [2.75, 3.05) is 9.80 Å². The Hall–Kier alpha value is -8.20. The summed E-state index contributed by atoms with van der Waals surface area (Å²) in [4.78, 5) is 4.76. The van der Waals surface area contributed by atoms with Crippen molar-refractivity contribution in [2.45, 2.75) is 19.3 Å². The summed E-state index contributed by atoms with van der Waals surface area (Å²) in [5.41, 5.74) is 16.7. The summed E-state index contributed by atoms with van der Waals surface area (Å²) in [5.74, 6) is 0. The Balaban J connectivity index is 1.22. The van der Waals surface area contributed by atoms with Gasteiger partial charge in [0.15, 0.2) is 0 Å². The molecule has 0 bridgehead atoms. The zero-order valence-electron chi connectivity index (χ0n) is 36.5. The van der Waals surface area contributed by atoms with E-state index in [9.17, 15) is 0 Å². The first-order valence-electron chi connectivity index (χ1n) is 22.6. The molecule has 0 atom stereocenters. The molecule has 0 fully saturated rings. The monoisotopic (exact) mass is 830 g/mol. The number of benzene rings is 11. The van der Waals surface area contributed by atoms with E-state index in [1.807, 2.05) is 0 Å². The third kappa shape index (κ3) is 6.25. The maximum absolute atomic E-state index is 2.47. The lowest BCUT2D eigenvalue weighted by Gasteiger charge is -2.30. The number of fused-ring (bicyclic) bond motifs is 9. The minimum atomic E-state index is -0.367. The molecular formula is C63H46N2. The molecule has 308 valence electrons. The average molecular weight is 831 g/mol. The van der Waals surface area contributed by atoms with Crippen LogP contribution in [0.25, 0.3) is 65.7 Å². The number of hydrogen-bond acceptors (Lipinski definition) is 2. The molecule has 12 rings (SSSR count). The molecule has 0 unspecified atom stereocenters. The molecule has 0 N–H and O–H groups in total. The summed E-state index contributed by atoms with van der Waals surface area (Å²) in [7, 11) is 0. The molecule has 0 heterocycles. The molecule has 0 saturated heterocycles. The lowest BCUT2D eigenvalue weighted by Crippen LogP contribution is -2.18. The van der Waals surface area contributed by atoms with E-state index < -0.39 is 0 Å². The minimum absolute atomic E-state index is 0.367. The van der Waals surface area contributed by atoms with Gasteiger partial charge in [0.05, 0.1) is 0 Å². The normalized spacial score (nSPS) is 12.6. The van der Waals surface area contributed by atoms with Crippen molar-refractivity contribution in [1.82, 2.24) is 0 Å². The Kier molecular flexibility index (Phi) is 9.21. The van der Waals surface area contributed by atoms with Gasteiger partial charge in [0.2, 0.25) is 0 Å². The maximum atomic E-state index is 2.47. The Morgan fingerprint density at radius 1 is 0.292 bits per heavy atom. The highest BCUT2D eigenvalue weighted by atomic mass is 15.1. The third-order valence-electron chi connectivity index (χ3n) is 13.5. The van der Waals surface area contributed by atoms with E-state index in [0.29, 0.717) is 0 Å². The second-order valence-corrected chi connectivity index (χ2v) is 17.6. The number of nitrogens with zero attached hydrogens (tertiary/aromatic N) is 2. The van der Waals surface area contributed by atoms with Crippen molar-refractivity contribution in [3.8, 4) is 33.4 Å². The third-order valence-corrected chi connectivity index (χ3v) is 13.5. The first kappa shape index (κ1) is 38.5. The van der Waals surface area contributed by atoms with Gasteiger partial charge in [-0.3, -0.25) is 0 Å². The zero-order chi connectivity index (χ0) is 43.5. The van der Waals surface area contributed by atoms with Crippen molar-refractivity contribution in [3.63, 3.8) is 0 Å². The van der Waals surface area contributed by atoms with Gasteiger partial charge in [-0.1, -0.05) is 184 Å². The van der Waals surface area contributed by atoms with Crippen molar-refractivity contribution < 1.29 is 0 Å². The van der Waals surface area contributed by atoms with Crippen LogP contribution in [0.1, 0.15) is 25.0 Å². The van der Waals surface area contributed by atoms with Gasteiger partial charge in [-0.25, -0.2) is 0 Å². The molecular weight excluding hydrogens is 785 g/mol. The second kappa shape index (κ2) is 15.6. The molecule has 0 radical (unpaired) electrons. The van der Waals surface area contributed by atoms with Gasteiger partial charge in [0.25, 0.3) is 0 Å². The van der Waals surface area contributed by atoms with Crippen molar-refractivity contribution in [1.29, 1.82) is 0 Å². The van der Waals surface area contributed by atoms with Gasteiger partial charge < -0.3 is 9.80 Å². The average Bonchev–Trinajstić information content (AvgIpc) is 3.60. The van der Waals surface area contributed by atoms with Gasteiger partial charge in [0.1, 0.15) is 0 Å². The van der Waals surface area contributed by atoms with Crippen LogP contribution in [0.3, 0.4) is 0 Å². The van der Waals surface area contributed by atoms with Crippen LogP contribution in [0.15, 0.2) is 243 Å². The smallest absolute Gasteiger partial charge is 0.0468 e. The topological polar surface area (TPSA) is 6.48 Å². The highest BCUT2D eigenvalue weighted by Gasteiger charge is 2.42. The van der Waals surface area contributed by atoms with Crippen LogP contribution in [0.4, 0.5) is 34.1 Å². The molecule has 11 aromatic rings. The van der Waals surface area contributed by atoms with E-state index in [0.717, 1.165) is 34.1 Å². The standard InChI is InChI=1S/C63H46N2/c1-63(2)56-42-50(65(47-31-17-7-18-32-47)48-33-19-8-20-34-48)38-40-54(56)61-57(43-23-9-3-10-24-43)59-53-39-37-49(64(45-27-13-5-14-28-45)46-29-15-6-16-30-46)41-55(53)51-35-21-22-36-52(51)60(59)58(62(61)63)44-25-11-4-12-26-44/h3-42H,1-2H3. The number of hydrogen-bond donors (Lipinski definition) is 0. The van der Waals surface area contributed by atoms with Crippen LogP contribution in [-0.2, 0) is 5.41 Å². The Morgan fingerprint density at radius 3 is 1.18 bits per heavy atom. The van der Waals surface area contributed by atoms with Crippen LogP contribution >= 0.6 is 0 Å². The van der Waals surface area contributed by atoms with Gasteiger partial charge >= 0.3 is 0 Å². The predicted molar refractivity (Wildman–Crippen MR) is 277 cm³/mol. The largest absolute Gasteiger partial charge is 0.310 e. The Bertz CT molecular complexity index is 3450. The zero-order valence-corrected chi connectivity index (χ0v) is 36.5. The second-order valence-electron chi connectivity index (χ2n) is 17.6. The van der Waals surface area contributed by atoms with Crippen LogP contribution in [0.2, 0.25) is 0 Å². The van der Waals surface area contributed by atoms with Gasteiger partial charge in [-0.05, 0) is 150 Å². The molecule has 65 heavy (non-hydrogen) atoms. The Morgan fingerprint density at radius 2 is 0.677 bits per heavy atom. The molecule has 0 spiro atoms. The van der Waals surface area contributed by atoms with Gasteiger partial charge in [0, 0.05) is 39.5 Å². The molecule has 2 nitrogen and oxygen atoms in total. The van der Waals surface area contributed by atoms with Gasteiger partial charge in [-0.15, -0.1) is 0 Å². The van der Waals surface area contributed by atoms with Crippen LogP contribution in [0.5, 0.6) is 0 Å². The summed E-state index contributed by atoms with van der Waals surface area (Å²) < 4.78 is 0. The minimum Gasteiger partial charge on any atom is -0.310 e. The highest BCUT2D eigenvalue weighted by Crippen LogP contribution is 2.61. The fourth-order valence-electron chi connectivity index (χ4n) is 10.8. The SMILES string of the molecule is CC1(C)c2cc(N(c3ccccc3)c3ccccc3)ccc2-c2c1c(-c1ccccc1)c1c3ccccc3c3cc(N(c4ccccc4)c4ccccc4)ccc3c1c2-c1ccccc1. The summed E-state index contributed by atoms with van der Waals surface area (Å²) in [6, 6.07) is 88.7. The molecule has 0 saturated carbocycles. The van der Waals surface area contributed by atoms with E-state index in [2.05, 4.69) is 266 Å². The quantitative estimate of drug-likeness (QED) is 0.141. The predicted octanol–water partition coefficient (Wildman–Crippen LogP) is 17.7. The van der Waals surface area contributed by atoms with E-state index in [-0.39, 0.29) is 5.41 Å². The number of anilines is 6. The van der Waals surface area contributed by atoms with Crippen molar-refractivity contribution in [3.05, 3.63) is 254 Å². The summed E-state index contributed by atoms with van der Waals surface area (Å²) in [5, 5.41) is 7.54. The molecule has 1 aliphatic carbocycles. The summed E-state index contributed by atoms with van der Waals surface area (Å²) in [6.07, 6.45) is 0. The molecule has 0 aliphatic heterocycles. The van der Waals surface area contributed by atoms with Crippen LogP contribution < -0.4 is 9.80 Å². The van der Waals surface area contributed by atoms with Gasteiger partial charge in [-0.2, -0.15) is 0 Å². The van der Waals surface area contributed by atoms with E-state index >= 15 is 0 Å². The summed E-state index contributed by atoms with van der Waals surface area (Å²) >= 11 is 0. The lowest BCUT2D eigenvalue weighted by molar-refractivity contribution is 0.663. The van der Waals surface area contributed by atoms with Crippen molar-refractivity contribution >= 4 is 66.4 Å². The molecule has 2 heteroatoms. The number of para-hydroxylation sites is 4. The number of rotatable bonds is 8. The first-order valence-corrected chi connectivity index (χ1v) is 22.6. The van der Waals surface area contributed by atoms with Crippen LogP contribution in [-0.4, -0.2) is 0 Å². The van der Waals surface area contributed by atoms with E-state index in [4.69, 9.17) is 0 Å². The summed E-state index contributed by atoms with van der Waals surface area (Å²) in [6.45, 7) is 4.89. The molecule has 1 aliphatic rings. The highest BCUT2D eigenvalue weighted by molar-refractivity contribution is 6.34. The fourth-order valence-corrected chi connectivity index (χ4v) is 10.8. The fraction of sp³-hybridized carbons (Fsp3) is 0.0476.